The van der Waals surface area contributed by atoms with E-state index >= 15 is 0 Å². The van der Waals surface area contributed by atoms with Gasteiger partial charge < -0.3 is 9.72 Å². The monoisotopic (exact) mass is 389 g/mol. The molecule has 28 heavy (non-hydrogen) atoms. The molecule has 2 aromatic heterocycles. The maximum absolute atomic E-state index is 13.2. The molecule has 4 nitrogen and oxygen atoms in total. The van der Waals surface area contributed by atoms with Crippen molar-refractivity contribution in [1.82, 2.24) is 14.7 Å². The summed E-state index contributed by atoms with van der Waals surface area (Å²) >= 11 is 0. The van der Waals surface area contributed by atoms with Crippen LogP contribution in [0.25, 0.3) is 5.65 Å². The van der Waals surface area contributed by atoms with Gasteiger partial charge in [0, 0.05) is 31.3 Å². The molecule has 0 saturated heterocycles. The van der Waals surface area contributed by atoms with Gasteiger partial charge in [-0.05, 0) is 36.6 Å². The molecule has 0 bridgehead atoms. The summed E-state index contributed by atoms with van der Waals surface area (Å²) in [6, 6.07) is 8.93. The van der Waals surface area contributed by atoms with Gasteiger partial charge in [-0.15, -0.1) is 0 Å². The first-order valence-corrected chi connectivity index (χ1v) is 9.17. The summed E-state index contributed by atoms with van der Waals surface area (Å²) in [5.41, 5.74) is 2.07. The van der Waals surface area contributed by atoms with E-state index in [1.807, 2.05) is 36.6 Å². The van der Waals surface area contributed by atoms with E-state index in [2.05, 4.69) is 10.3 Å². The fraction of sp³-hybridized carbons (Fsp3) is 0.333. The number of hydrogen-bond donors (Lipinski definition) is 1. The Bertz CT molecular complexity index is 978. The maximum Gasteiger partial charge on any atom is 0.416 e. The first-order chi connectivity index (χ1) is 13.3. The van der Waals surface area contributed by atoms with Gasteiger partial charge in [-0.3, -0.25) is 4.79 Å². The van der Waals surface area contributed by atoms with Crippen molar-refractivity contribution >= 4 is 11.6 Å². The lowest BCUT2D eigenvalue weighted by molar-refractivity contribution is -0.137. The van der Waals surface area contributed by atoms with Gasteiger partial charge in [-0.25, -0.2) is 4.98 Å². The predicted octanol–water partition coefficient (Wildman–Crippen LogP) is 4.71. The van der Waals surface area contributed by atoms with Crippen molar-refractivity contribution in [2.45, 2.75) is 38.8 Å². The van der Waals surface area contributed by atoms with Crippen LogP contribution in [-0.2, 0) is 11.0 Å². The molecule has 3 rings (SSSR count). The van der Waals surface area contributed by atoms with Crippen molar-refractivity contribution in [2.75, 3.05) is 6.54 Å². The minimum absolute atomic E-state index is 0.0447. The number of amides is 1. The second-order valence-corrected chi connectivity index (χ2v) is 6.80. The third kappa shape index (κ3) is 4.18. The molecule has 1 aromatic carbocycles. The molecule has 3 aromatic rings. The fourth-order valence-electron chi connectivity index (χ4n) is 3.28. The number of carbonyl (C=O) groups excluding carboxylic acids is 1. The van der Waals surface area contributed by atoms with Crippen LogP contribution in [0.2, 0.25) is 0 Å². The molecule has 2 heterocycles. The lowest BCUT2D eigenvalue weighted by Gasteiger charge is -2.19. The second kappa shape index (κ2) is 8.04. The summed E-state index contributed by atoms with van der Waals surface area (Å²) in [6.07, 6.45) is -0.158. The molecule has 7 heteroatoms. The van der Waals surface area contributed by atoms with E-state index in [9.17, 15) is 18.0 Å². The van der Waals surface area contributed by atoms with Crippen LogP contribution < -0.4 is 5.32 Å². The molecule has 0 aliphatic rings. The van der Waals surface area contributed by atoms with Crippen molar-refractivity contribution in [2.24, 2.45) is 0 Å². The van der Waals surface area contributed by atoms with Gasteiger partial charge in [-0.2, -0.15) is 13.2 Å². The molecular weight excluding hydrogens is 367 g/mol. The molecular formula is C21H22F3N3O. The van der Waals surface area contributed by atoms with Crippen LogP contribution in [0.4, 0.5) is 13.2 Å². The Hall–Kier alpha value is -2.83. The number of aromatic nitrogens is 2. The summed E-state index contributed by atoms with van der Waals surface area (Å²) in [4.78, 5) is 16.8. The van der Waals surface area contributed by atoms with E-state index in [0.717, 1.165) is 29.8 Å². The number of pyridine rings is 1. The van der Waals surface area contributed by atoms with Crippen molar-refractivity contribution in [3.63, 3.8) is 0 Å². The molecule has 1 unspecified atom stereocenters. The summed E-state index contributed by atoms with van der Waals surface area (Å²) in [6.45, 7) is 4.39. The van der Waals surface area contributed by atoms with Crippen molar-refractivity contribution < 1.29 is 18.0 Å². The Balaban J connectivity index is 2.07. The Morgan fingerprint density at radius 3 is 2.75 bits per heavy atom. The van der Waals surface area contributed by atoms with E-state index in [-0.39, 0.29) is 12.3 Å². The zero-order valence-electron chi connectivity index (χ0n) is 15.8. The number of fused-ring (bicyclic) bond motifs is 1. The van der Waals surface area contributed by atoms with E-state index in [4.69, 9.17) is 0 Å². The van der Waals surface area contributed by atoms with Crippen LogP contribution in [0, 0.1) is 6.92 Å². The van der Waals surface area contributed by atoms with Crippen LogP contribution in [0.15, 0.2) is 48.8 Å². The highest BCUT2D eigenvalue weighted by molar-refractivity contribution is 5.77. The Labute approximate surface area is 161 Å². The third-order valence-corrected chi connectivity index (χ3v) is 4.69. The van der Waals surface area contributed by atoms with Gasteiger partial charge in [0.25, 0.3) is 0 Å². The zero-order chi connectivity index (χ0) is 20.3. The van der Waals surface area contributed by atoms with E-state index in [0.29, 0.717) is 17.8 Å². The first-order valence-electron chi connectivity index (χ1n) is 9.17. The van der Waals surface area contributed by atoms with Crippen LogP contribution in [0.1, 0.15) is 48.1 Å². The number of hydrogen-bond acceptors (Lipinski definition) is 2. The van der Waals surface area contributed by atoms with Gasteiger partial charge in [0.1, 0.15) is 5.65 Å². The number of nitrogens with one attached hydrogen (secondary N) is 1. The molecule has 1 amide bonds. The highest BCUT2D eigenvalue weighted by Gasteiger charge is 2.32. The number of nitrogens with zero attached hydrogens (tertiary/aromatic N) is 2. The fourth-order valence-corrected chi connectivity index (χ4v) is 3.28. The molecule has 0 spiro atoms. The van der Waals surface area contributed by atoms with E-state index in [1.54, 1.807) is 12.3 Å². The number of aryl methyl sites for hydroxylation is 1. The molecule has 0 aliphatic heterocycles. The number of alkyl halides is 3. The minimum Gasteiger partial charge on any atom is -0.356 e. The van der Waals surface area contributed by atoms with E-state index < -0.39 is 17.7 Å². The van der Waals surface area contributed by atoms with Gasteiger partial charge >= 0.3 is 6.18 Å². The molecule has 0 fully saturated rings. The first kappa shape index (κ1) is 19.9. The van der Waals surface area contributed by atoms with E-state index in [1.165, 1.54) is 6.07 Å². The van der Waals surface area contributed by atoms with Crippen LogP contribution >= 0.6 is 0 Å². The van der Waals surface area contributed by atoms with Crippen LogP contribution in [-0.4, -0.2) is 21.8 Å². The van der Waals surface area contributed by atoms with Gasteiger partial charge in [0.15, 0.2) is 0 Å². The molecule has 0 aliphatic carbocycles. The summed E-state index contributed by atoms with van der Waals surface area (Å²) in [5.74, 6) is -0.747. The van der Waals surface area contributed by atoms with Crippen LogP contribution in [0.3, 0.4) is 0 Å². The Morgan fingerprint density at radius 2 is 2.04 bits per heavy atom. The lowest BCUT2D eigenvalue weighted by Crippen LogP contribution is -2.26. The van der Waals surface area contributed by atoms with Gasteiger partial charge in [0.05, 0.1) is 11.3 Å². The summed E-state index contributed by atoms with van der Waals surface area (Å²) < 4.78 is 41.5. The molecule has 0 saturated carbocycles. The predicted molar refractivity (Wildman–Crippen MR) is 101 cm³/mol. The minimum atomic E-state index is -4.44. The number of carbonyl (C=O) groups is 1. The third-order valence-electron chi connectivity index (χ3n) is 4.69. The normalized spacial score (nSPS) is 12.9. The highest BCUT2D eigenvalue weighted by atomic mass is 19.4. The standard InChI is InChI=1S/C21H22F3N3O/c1-3-9-25-19(28)12-17(15-7-4-8-16(11-15)21(22,23)24)18-13-26-20-14(2)6-5-10-27(18)20/h4-8,10-11,13,17H,3,9,12H2,1-2H3,(H,25,28). The Kier molecular flexibility index (Phi) is 5.72. The molecule has 1 atom stereocenters. The van der Waals surface area contributed by atoms with Crippen molar-refractivity contribution in [3.05, 3.63) is 71.2 Å². The summed E-state index contributed by atoms with van der Waals surface area (Å²) in [7, 11) is 0. The SMILES string of the molecule is CCCNC(=O)CC(c1cccc(C(F)(F)F)c1)c1cnc2c(C)cccn12. The average Bonchev–Trinajstić information content (AvgIpc) is 3.09. The largest absolute Gasteiger partial charge is 0.416 e. The lowest BCUT2D eigenvalue weighted by atomic mass is 9.91. The maximum atomic E-state index is 13.2. The second-order valence-electron chi connectivity index (χ2n) is 6.80. The van der Waals surface area contributed by atoms with Crippen molar-refractivity contribution in [3.8, 4) is 0 Å². The van der Waals surface area contributed by atoms with Gasteiger partial charge in [0.2, 0.25) is 5.91 Å². The smallest absolute Gasteiger partial charge is 0.356 e. The number of imidazole rings is 1. The molecule has 1 N–H and O–H groups in total. The number of rotatable bonds is 6. The topological polar surface area (TPSA) is 46.4 Å². The highest BCUT2D eigenvalue weighted by Crippen LogP contribution is 2.34. The average molecular weight is 389 g/mol. The van der Waals surface area contributed by atoms with Crippen molar-refractivity contribution in [1.29, 1.82) is 0 Å². The quantitative estimate of drug-likeness (QED) is 0.664. The zero-order valence-corrected chi connectivity index (χ0v) is 15.8. The molecule has 0 radical (unpaired) electrons. The van der Waals surface area contributed by atoms with Gasteiger partial charge in [-0.1, -0.05) is 31.2 Å². The Morgan fingerprint density at radius 1 is 1.25 bits per heavy atom. The summed E-state index contributed by atoms with van der Waals surface area (Å²) in [5, 5.41) is 2.81. The number of benzene rings is 1. The number of halogens is 3. The molecule has 148 valence electrons. The van der Waals surface area contributed by atoms with Crippen LogP contribution in [0.5, 0.6) is 0 Å².